The summed E-state index contributed by atoms with van der Waals surface area (Å²) in [4.78, 5) is 11.6. The number of methoxy groups -OCH3 is 2. The van der Waals surface area contributed by atoms with Gasteiger partial charge in [-0.1, -0.05) is 24.3 Å². The zero-order valence-corrected chi connectivity index (χ0v) is 11.9. The van der Waals surface area contributed by atoms with Crippen LogP contribution >= 0.6 is 0 Å². The van der Waals surface area contributed by atoms with Crippen molar-refractivity contribution in [2.75, 3.05) is 19.5 Å². The highest BCUT2D eigenvalue weighted by atomic mass is 16.5. The van der Waals surface area contributed by atoms with Crippen LogP contribution in [-0.2, 0) is 4.79 Å². The molecule has 0 fully saturated rings. The van der Waals surface area contributed by atoms with E-state index in [1.807, 2.05) is 12.1 Å². The fourth-order valence-electron chi connectivity index (χ4n) is 2.03. The van der Waals surface area contributed by atoms with E-state index in [0.29, 0.717) is 22.7 Å². The van der Waals surface area contributed by atoms with Gasteiger partial charge in [0, 0.05) is 0 Å². The fraction of sp³-hybridized carbons (Fsp3) is 0.188. The van der Waals surface area contributed by atoms with Crippen LogP contribution in [0.2, 0.25) is 0 Å². The van der Waals surface area contributed by atoms with E-state index >= 15 is 0 Å². The van der Waals surface area contributed by atoms with Crippen molar-refractivity contribution in [3.63, 3.8) is 0 Å². The third-order valence-corrected chi connectivity index (χ3v) is 3.08. The predicted octanol–water partition coefficient (Wildman–Crippen LogP) is 2.94. The summed E-state index contributed by atoms with van der Waals surface area (Å²) < 4.78 is 10.4. The number of benzene rings is 2. The smallest absolute Gasteiger partial charge is 0.330 e. The highest BCUT2D eigenvalue weighted by Gasteiger charge is 2.21. The summed E-state index contributed by atoms with van der Waals surface area (Å²) >= 11 is 0. The van der Waals surface area contributed by atoms with Crippen LogP contribution in [-0.4, -0.2) is 25.3 Å². The van der Waals surface area contributed by atoms with Gasteiger partial charge < -0.3 is 19.9 Å². The first kappa shape index (κ1) is 14.7. The summed E-state index contributed by atoms with van der Waals surface area (Å²) in [5.74, 6) is 0.224. The molecule has 2 rings (SSSR count). The molecule has 2 N–H and O–H groups in total. The molecule has 0 bridgehead atoms. The first-order chi connectivity index (χ1) is 10.2. The number of rotatable bonds is 6. The van der Waals surface area contributed by atoms with Crippen molar-refractivity contribution in [3.05, 3.63) is 54.1 Å². The van der Waals surface area contributed by atoms with Crippen molar-refractivity contribution in [3.8, 4) is 11.5 Å². The van der Waals surface area contributed by atoms with Gasteiger partial charge >= 0.3 is 5.97 Å². The molecule has 0 aromatic heterocycles. The molecule has 1 atom stereocenters. The van der Waals surface area contributed by atoms with Crippen molar-refractivity contribution in [1.29, 1.82) is 0 Å². The number of nitrogens with one attached hydrogen (secondary N) is 1. The molecule has 0 aliphatic heterocycles. The number of anilines is 1. The van der Waals surface area contributed by atoms with Gasteiger partial charge in [-0.05, 0) is 29.8 Å². The molecular weight excluding hydrogens is 270 g/mol. The Balaban J connectivity index is 2.33. The van der Waals surface area contributed by atoms with Gasteiger partial charge in [-0.3, -0.25) is 0 Å². The van der Waals surface area contributed by atoms with E-state index in [2.05, 4.69) is 5.32 Å². The zero-order chi connectivity index (χ0) is 15.2. The third-order valence-electron chi connectivity index (χ3n) is 3.08. The molecular formula is C16H17NO4. The Labute approximate surface area is 123 Å². The second-order valence-corrected chi connectivity index (χ2v) is 4.39. The van der Waals surface area contributed by atoms with E-state index in [1.54, 1.807) is 50.6 Å². The summed E-state index contributed by atoms with van der Waals surface area (Å²) in [6, 6.07) is 13.3. The number of carboxylic acids is 1. The van der Waals surface area contributed by atoms with E-state index in [1.165, 1.54) is 0 Å². The molecule has 21 heavy (non-hydrogen) atoms. The van der Waals surface area contributed by atoms with Gasteiger partial charge in [0.2, 0.25) is 0 Å². The van der Waals surface area contributed by atoms with Crippen LogP contribution in [0.3, 0.4) is 0 Å². The quantitative estimate of drug-likeness (QED) is 0.855. The van der Waals surface area contributed by atoms with E-state index in [-0.39, 0.29) is 0 Å². The molecule has 0 amide bonds. The monoisotopic (exact) mass is 287 g/mol. The topological polar surface area (TPSA) is 67.8 Å². The lowest BCUT2D eigenvalue weighted by molar-refractivity contribution is -0.138. The molecule has 2 aromatic carbocycles. The molecule has 0 radical (unpaired) electrons. The molecule has 0 heterocycles. The minimum atomic E-state index is -0.978. The van der Waals surface area contributed by atoms with Gasteiger partial charge in [-0.25, -0.2) is 4.79 Å². The van der Waals surface area contributed by atoms with Crippen LogP contribution in [0, 0.1) is 0 Å². The Morgan fingerprint density at radius 1 is 1.10 bits per heavy atom. The molecule has 5 heteroatoms. The Bertz CT molecular complexity index is 627. The van der Waals surface area contributed by atoms with Crippen LogP contribution in [0.15, 0.2) is 48.5 Å². The van der Waals surface area contributed by atoms with Crippen LogP contribution in [0.5, 0.6) is 11.5 Å². The Morgan fingerprint density at radius 3 is 2.52 bits per heavy atom. The number of para-hydroxylation sites is 2. The molecule has 0 saturated carbocycles. The average molecular weight is 287 g/mol. The van der Waals surface area contributed by atoms with E-state index in [4.69, 9.17) is 9.47 Å². The number of ether oxygens (including phenoxy) is 2. The third kappa shape index (κ3) is 3.45. The van der Waals surface area contributed by atoms with Crippen LogP contribution in [0.25, 0.3) is 0 Å². The number of aliphatic carboxylic acids is 1. The maximum absolute atomic E-state index is 11.6. The summed E-state index contributed by atoms with van der Waals surface area (Å²) in [5.41, 5.74) is 1.22. The second-order valence-electron chi connectivity index (χ2n) is 4.39. The molecule has 0 saturated heterocycles. The van der Waals surface area contributed by atoms with Crippen molar-refractivity contribution in [1.82, 2.24) is 0 Å². The standard InChI is InChI=1S/C16H17NO4/c1-20-12-7-5-6-11(10-12)15(16(18)19)17-13-8-3-4-9-14(13)21-2/h3-10,15,17H,1-2H3,(H,18,19). The summed E-state index contributed by atoms with van der Waals surface area (Å²) in [6.07, 6.45) is 0. The fourth-order valence-corrected chi connectivity index (χ4v) is 2.03. The minimum absolute atomic E-state index is 0.589. The van der Waals surface area contributed by atoms with E-state index in [0.717, 1.165) is 0 Å². The maximum atomic E-state index is 11.6. The Morgan fingerprint density at radius 2 is 1.86 bits per heavy atom. The zero-order valence-electron chi connectivity index (χ0n) is 11.9. The molecule has 0 spiro atoms. The van der Waals surface area contributed by atoms with E-state index in [9.17, 15) is 9.90 Å². The lowest BCUT2D eigenvalue weighted by atomic mass is 10.1. The highest BCUT2D eigenvalue weighted by Crippen LogP contribution is 2.29. The summed E-state index contributed by atoms with van der Waals surface area (Å²) in [5, 5.41) is 12.5. The molecule has 2 aromatic rings. The second kappa shape index (κ2) is 6.65. The molecule has 0 aliphatic carbocycles. The van der Waals surface area contributed by atoms with Gasteiger partial charge in [0.25, 0.3) is 0 Å². The predicted molar refractivity (Wildman–Crippen MR) is 80.0 cm³/mol. The van der Waals surface area contributed by atoms with Gasteiger partial charge in [0.1, 0.15) is 11.5 Å². The normalized spacial score (nSPS) is 11.5. The Kier molecular flexibility index (Phi) is 4.66. The Hall–Kier alpha value is -2.69. The molecule has 110 valence electrons. The molecule has 0 aliphatic rings. The average Bonchev–Trinajstić information content (AvgIpc) is 2.52. The number of hydrogen-bond acceptors (Lipinski definition) is 4. The van der Waals surface area contributed by atoms with Gasteiger partial charge in [-0.2, -0.15) is 0 Å². The maximum Gasteiger partial charge on any atom is 0.330 e. The first-order valence-electron chi connectivity index (χ1n) is 6.42. The van der Waals surface area contributed by atoms with Gasteiger partial charge in [0.05, 0.1) is 19.9 Å². The summed E-state index contributed by atoms with van der Waals surface area (Å²) in [6.45, 7) is 0. The highest BCUT2D eigenvalue weighted by molar-refractivity contribution is 5.80. The van der Waals surface area contributed by atoms with Crippen LogP contribution in [0.4, 0.5) is 5.69 Å². The molecule has 5 nitrogen and oxygen atoms in total. The van der Waals surface area contributed by atoms with Crippen molar-refractivity contribution >= 4 is 11.7 Å². The number of carbonyl (C=O) groups is 1. The lowest BCUT2D eigenvalue weighted by Crippen LogP contribution is -2.20. The van der Waals surface area contributed by atoms with Crippen molar-refractivity contribution in [2.45, 2.75) is 6.04 Å². The van der Waals surface area contributed by atoms with Crippen molar-refractivity contribution in [2.24, 2.45) is 0 Å². The SMILES string of the molecule is COc1cccc(C(Nc2ccccc2OC)C(=O)O)c1. The van der Waals surface area contributed by atoms with Gasteiger partial charge in [-0.15, -0.1) is 0 Å². The first-order valence-corrected chi connectivity index (χ1v) is 6.42. The summed E-state index contributed by atoms with van der Waals surface area (Å²) in [7, 11) is 3.09. The number of hydrogen-bond donors (Lipinski definition) is 2. The molecule has 1 unspecified atom stereocenters. The van der Waals surface area contributed by atoms with Crippen LogP contribution < -0.4 is 14.8 Å². The largest absolute Gasteiger partial charge is 0.497 e. The van der Waals surface area contributed by atoms with Gasteiger partial charge in [0.15, 0.2) is 6.04 Å². The van der Waals surface area contributed by atoms with E-state index < -0.39 is 12.0 Å². The number of carboxylic acid groups (broad SMARTS) is 1. The lowest BCUT2D eigenvalue weighted by Gasteiger charge is -2.18. The van der Waals surface area contributed by atoms with Crippen molar-refractivity contribution < 1.29 is 19.4 Å². The van der Waals surface area contributed by atoms with Crippen LogP contribution in [0.1, 0.15) is 11.6 Å². The minimum Gasteiger partial charge on any atom is -0.497 e.